The van der Waals surface area contributed by atoms with Crippen molar-refractivity contribution in [2.24, 2.45) is 0 Å². The van der Waals surface area contributed by atoms with Gasteiger partial charge in [-0.15, -0.1) is 0 Å². The number of aliphatic hydroxyl groups excluding tert-OH is 1. The van der Waals surface area contributed by atoms with Crippen molar-refractivity contribution in [2.45, 2.75) is 50.2 Å². The van der Waals surface area contributed by atoms with Gasteiger partial charge in [-0.25, -0.2) is 9.78 Å². The zero-order valence-electron chi connectivity index (χ0n) is 11.7. The van der Waals surface area contributed by atoms with Crippen molar-refractivity contribution in [3.63, 3.8) is 0 Å². The van der Waals surface area contributed by atoms with Crippen LogP contribution in [0.3, 0.4) is 0 Å². The van der Waals surface area contributed by atoms with Crippen LogP contribution in [0.2, 0.25) is 0 Å². The van der Waals surface area contributed by atoms with Gasteiger partial charge in [0.15, 0.2) is 0 Å². The Morgan fingerprint density at radius 3 is 2.67 bits per heavy atom. The molecule has 4 rings (SSSR count). The maximum absolute atomic E-state index is 12.3. The summed E-state index contributed by atoms with van der Waals surface area (Å²) in [6.07, 6.45) is 4.04. The van der Waals surface area contributed by atoms with E-state index in [0.717, 1.165) is 30.3 Å². The zero-order valence-corrected chi connectivity index (χ0v) is 11.7. The first kappa shape index (κ1) is 12.8. The van der Waals surface area contributed by atoms with Crippen molar-refractivity contribution < 1.29 is 5.11 Å². The third-order valence-corrected chi connectivity index (χ3v) is 4.56. The Morgan fingerprint density at radius 2 is 2.00 bits per heavy atom. The van der Waals surface area contributed by atoms with E-state index in [-0.39, 0.29) is 23.7 Å². The molecule has 110 valence electrons. The van der Waals surface area contributed by atoms with Crippen LogP contribution in [0, 0.1) is 0 Å². The summed E-state index contributed by atoms with van der Waals surface area (Å²) < 4.78 is 1.63. The maximum Gasteiger partial charge on any atom is 0.351 e. The first-order chi connectivity index (χ1) is 10.1. The molecule has 2 atom stereocenters. The second-order valence-electron chi connectivity index (χ2n) is 6.15. The normalized spacial score (nSPS) is 25.6. The van der Waals surface area contributed by atoms with E-state index in [1.807, 2.05) is 12.1 Å². The number of pyridine rings is 1. The number of anilines is 1. The molecule has 2 aromatic rings. The summed E-state index contributed by atoms with van der Waals surface area (Å²) in [5.74, 6) is 0.751. The fourth-order valence-electron chi connectivity index (χ4n) is 3.26. The van der Waals surface area contributed by atoms with Gasteiger partial charge in [0.25, 0.3) is 0 Å². The van der Waals surface area contributed by atoms with Crippen LogP contribution in [-0.2, 0) is 0 Å². The molecule has 0 spiro atoms. The molecule has 0 aromatic carbocycles. The van der Waals surface area contributed by atoms with Gasteiger partial charge in [-0.2, -0.15) is 4.98 Å². The summed E-state index contributed by atoms with van der Waals surface area (Å²) in [4.78, 5) is 20.9. The Hall–Kier alpha value is -1.95. The number of aromatic nitrogens is 3. The molecule has 2 unspecified atom stereocenters. The molecule has 2 fully saturated rings. The number of hydrogen-bond donors (Lipinski definition) is 2. The molecule has 0 radical (unpaired) electrons. The summed E-state index contributed by atoms with van der Waals surface area (Å²) in [5.41, 5.74) is 7.17. The molecule has 21 heavy (non-hydrogen) atoms. The molecule has 3 N–H and O–H groups in total. The maximum atomic E-state index is 12.3. The number of fused-ring (bicyclic) bond motifs is 1. The quantitative estimate of drug-likeness (QED) is 0.868. The fraction of sp³-hybridized carbons (Fsp3) is 0.533. The SMILES string of the molecule is Nc1nc(=O)n(C2CCC(O)C2)c2nc(C3CC3)ccc12. The molecule has 2 heterocycles. The van der Waals surface area contributed by atoms with Crippen LogP contribution in [0.15, 0.2) is 16.9 Å². The first-order valence-electron chi connectivity index (χ1n) is 7.50. The number of nitrogens with two attached hydrogens (primary N) is 1. The highest BCUT2D eigenvalue weighted by molar-refractivity contribution is 5.85. The van der Waals surface area contributed by atoms with Crippen molar-refractivity contribution in [3.05, 3.63) is 28.3 Å². The molecule has 2 aliphatic carbocycles. The molecular formula is C15H18N4O2. The van der Waals surface area contributed by atoms with Gasteiger partial charge in [-0.05, 0) is 44.2 Å². The van der Waals surface area contributed by atoms with Gasteiger partial charge in [-0.3, -0.25) is 4.57 Å². The van der Waals surface area contributed by atoms with Gasteiger partial charge >= 0.3 is 5.69 Å². The first-order valence-corrected chi connectivity index (χ1v) is 7.50. The summed E-state index contributed by atoms with van der Waals surface area (Å²) in [6, 6.07) is 3.86. The van der Waals surface area contributed by atoms with E-state index in [4.69, 9.17) is 5.73 Å². The minimum absolute atomic E-state index is 0.0370. The van der Waals surface area contributed by atoms with Gasteiger partial charge in [0.2, 0.25) is 0 Å². The minimum atomic E-state index is -0.362. The van der Waals surface area contributed by atoms with Crippen molar-refractivity contribution >= 4 is 16.9 Å². The lowest BCUT2D eigenvalue weighted by Gasteiger charge is -2.16. The number of hydrogen-bond acceptors (Lipinski definition) is 5. The summed E-state index contributed by atoms with van der Waals surface area (Å²) in [7, 11) is 0. The molecule has 6 heteroatoms. The zero-order chi connectivity index (χ0) is 14.6. The van der Waals surface area contributed by atoms with Gasteiger partial charge in [-0.1, -0.05) is 0 Å². The highest BCUT2D eigenvalue weighted by Crippen LogP contribution is 2.40. The number of aliphatic hydroxyl groups is 1. The molecule has 2 saturated carbocycles. The number of nitrogen functional groups attached to an aromatic ring is 1. The predicted molar refractivity (Wildman–Crippen MR) is 79.1 cm³/mol. The smallest absolute Gasteiger partial charge is 0.351 e. The van der Waals surface area contributed by atoms with E-state index < -0.39 is 0 Å². The molecule has 6 nitrogen and oxygen atoms in total. The molecule has 0 bridgehead atoms. The van der Waals surface area contributed by atoms with Gasteiger partial charge in [0, 0.05) is 17.7 Å². The van der Waals surface area contributed by atoms with E-state index in [1.54, 1.807) is 4.57 Å². The lowest BCUT2D eigenvalue weighted by molar-refractivity contribution is 0.178. The highest BCUT2D eigenvalue weighted by atomic mass is 16.3. The number of rotatable bonds is 2. The average Bonchev–Trinajstić information content (AvgIpc) is 3.22. The Morgan fingerprint density at radius 1 is 1.19 bits per heavy atom. The largest absolute Gasteiger partial charge is 0.393 e. The van der Waals surface area contributed by atoms with E-state index in [2.05, 4.69) is 9.97 Å². The van der Waals surface area contributed by atoms with Crippen LogP contribution in [0.1, 0.15) is 49.8 Å². The third kappa shape index (κ3) is 2.10. The Labute approximate surface area is 121 Å². The van der Waals surface area contributed by atoms with E-state index in [9.17, 15) is 9.90 Å². The topological polar surface area (TPSA) is 94.0 Å². The molecule has 0 saturated heterocycles. The molecule has 0 aliphatic heterocycles. The molecule has 2 aromatic heterocycles. The minimum Gasteiger partial charge on any atom is -0.393 e. The lowest BCUT2D eigenvalue weighted by Crippen LogP contribution is -2.28. The summed E-state index contributed by atoms with van der Waals surface area (Å²) in [5, 5.41) is 10.5. The van der Waals surface area contributed by atoms with Gasteiger partial charge in [0.1, 0.15) is 11.5 Å². The van der Waals surface area contributed by atoms with E-state index >= 15 is 0 Å². The second kappa shape index (κ2) is 4.53. The van der Waals surface area contributed by atoms with Crippen molar-refractivity contribution in [1.82, 2.24) is 14.5 Å². The lowest BCUT2D eigenvalue weighted by atomic mass is 10.2. The van der Waals surface area contributed by atoms with E-state index in [0.29, 0.717) is 24.4 Å². The average molecular weight is 286 g/mol. The standard InChI is InChI=1S/C15H18N4O2/c16-13-11-5-6-12(8-1-2-8)17-14(11)19(15(21)18-13)9-3-4-10(20)7-9/h5-6,8-10,20H,1-4,7H2,(H2,16,18,21). The Bertz CT molecular complexity index is 766. The second-order valence-corrected chi connectivity index (χ2v) is 6.15. The fourth-order valence-corrected chi connectivity index (χ4v) is 3.26. The molecular weight excluding hydrogens is 268 g/mol. The molecule has 2 aliphatic rings. The number of nitrogens with zero attached hydrogens (tertiary/aromatic N) is 3. The van der Waals surface area contributed by atoms with Crippen LogP contribution in [0.5, 0.6) is 0 Å². The van der Waals surface area contributed by atoms with Crippen molar-refractivity contribution in [1.29, 1.82) is 0 Å². The van der Waals surface area contributed by atoms with Crippen molar-refractivity contribution in [2.75, 3.05) is 5.73 Å². The summed E-state index contributed by atoms with van der Waals surface area (Å²) >= 11 is 0. The highest BCUT2D eigenvalue weighted by Gasteiger charge is 2.29. The van der Waals surface area contributed by atoms with Crippen LogP contribution < -0.4 is 11.4 Å². The summed E-state index contributed by atoms with van der Waals surface area (Å²) in [6.45, 7) is 0. The van der Waals surface area contributed by atoms with Crippen molar-refractivity contribution in [3.8, 4) is 0 Å². The van der Waals surface area contributed by atoms with Gasteiger partial charge < -0.3 is 10.8 Å². The predicted octanol–water partition coefficient (Wildman–Crippen LogP) is 1.34. The monoisotopic (exact) mass is 286 g/mol. The van der Waals surface area contributed by atoms with Crippen LogP contribution in [-0.4, -0.2) is 25.7 Å². The Balaban J connectivity index is 1.94. The van der Waals surface area contributed by atoms with Gasteiger partial charge in [0.05, 0.1) is 11.5 Å². The Kier molecular flexibility index (Phi) is 2.75. The van der Waals surface area contributed by atoms with Crippen LogP contribution in [0.25, 0.3) is 11.0 Å². The third-order valence-electron chi connectivity index (χ3n) is 4.56. The van der Waals surface area contributed by atoms with Crippen LogP contribution >= 0.6 is 0 Å². The van der Waals surface area contributed by atoms with E-state index in [1.165, 1.54) is 0 Å². The van der Waals surface area contributed by atoms with Crippen LogP contribution in [0.4, 0.5) is 5.82 Å². The molecule has 0 amide bonds.